The lowest BCUT2D eigenvalue weighted by atomic mass is 10.0. The Morgan fingerprint density at radius 2 is 2.17 bits per heavy atom. The molecule has 1 aliphatic rings. The second-order valence-electron chi connectivity index (χ2n) is 3.44. The Labute approximate surface area is 78.8 Å². The van der Waals surface area contributed by atoms with Crippen molar-refractivity contribution in [2.24, 2.45) is 0 Å². The third kappa shape index (κ3) is 1.50. The molecular formula is C10H13NS. The highest BCUT2D eigenvalue weighted by molar-refractivity contribution is 7.80. The fourth-order valence-corrected chi connectivity index (χ4v) is 1.91. The molecular weight excluding hydrogens is 166 g/mol. The van der Waals surface area contributed by atoms with Crippen LogP contribution in [0.25, 0.3) is 0 Å². The van der Waals surface area contributed by atoms with E-state index in [1.54, 1.807) is 0 Å². The van der Waals surface area contributed by atoms with E-state index >= 15 is 0 Å². The van der Waals surface area contributed by atoms with Crippen LogP contribution in [0.2, 0.25) is 0 Å². The Morgan fingerprint density at radius 1 is 1.33 bits per heavy atom. The van der Waals surface area contributed by atoms with Gasteiger partial charge >= 0.3 is 0 Å². The molecule has 0 saturated carbocycles. The highest BCUT2D eigenvalue weighted by Gasteiger charge is 2.12. The summed E-state index contributed by atoms with van der Waals surface area (Å²) in [6, 6.07) is 6.45. The van der Waals surface area contributed by atoms with Gasteiger partial charge in [-0.2, -0.15) is 0 Å². The van der Waals surface area contributed by atoms with E-state index in [0.717, 1.165) is 11.4 Å². The van der Waals surface area contributed by atoms with Gasteiger partial charge in [-0.1, -0.05) is 6.07 Å². The second kappa shape index (κ2) is 3.11. The van der Waals surface area contributed by atoms with Crippen molar-refractivity contribution >= 4 is 12.6 Å². The quantitative estimate of drug-likeness (QED) is 0.596. The molecule has 1 aliphatic heterocycles. The molecule has 2 rings (SSSR count). The van der Waals surface area contributed by atoms with E-state index < -0.39 is 0 Å². The van der Waals surface area contributed by atoms with Gasteiger partial charge in [0.15, 0.2) is 0 Å². The van der Waals surface area contributed by atoms with Gasteiger partial charge in [-0.3, -0.25) is 0 Å². The number of hydrogen-bond acceptors (Lipinski definition) is 2. The van der Waals surface area contributed by atoms with Gasteiger partial charge in [0, 0.05) is 18.0 Å². The lowest BCUT2D eigenvalue weighted by molar-refractivity contribution is 0.312. The average Bonchev–Trinajstić information content (AvgIpc) is 2.03. The zero-order valence-electron chi connectivity index (χ0n) is 7.25. The average molecular weight is 179 g/mol. The standard InChI is InChI=1S/C10H13NS/c1-11-5-4-8-2-3-10(12)6-9(8)7-11/h2-3,6,12H,4-5,7H2,1H3. The Hall–Kier alpha value is -0.470. The van der Waals surface area contributed by atoms with Gasteiger partial charge < -0.3 is 4.90 Å². The molecule has 0 bridgehead atoms. The Kier molecular flexibility index (Phi) is 2.11. The minimum atomic E-state index is 1.07. The molecule has 0 aliphatic carbocycles. The van der Waals surface area contributed by atoms with Gasteiger partial charge in [0.25, 0.3) is 0 Å². The molecule has 64 valence electrons. The largest absolute Gasteiger partial charge is 0.302 e. The lowest BCUT2D eigenvalue weighted by Gasteiger charge is -2.24. The highest BCUT2D eigenvalue weighted by atomic mass is 32.1. The molecule has 2 heteroatoms. The first-order chi connectivity index (χ1) is 5.75. The molecule has 0 fully saturated rings. The van der Waals surface area contributed by atoms with Crippen molar-refractivity contribution in [3.8, 4) is 0 Å². The lowest BCUT2D eigenvalue weighted by Crippen LogP contribution is -2.26. The van der Waals surface area contributed by atoms with Crippen molar-refractivity contribution in [2.75, 3.05) is 13.6 Å². The van der Waals surface area contributed by atoms with Crippen LogP contribution in [0.3, 0.4) is 0 Å². The zero-order chi connectivity index (χ0) is 8.55. The molecule has 0 saturated heterocycles. The smallest absolute Gasteiger partial charge is 0.0233 e. The van der Waals surface area contributed by atoms with E-state index in [0.29, 0.717) is 0 Å². The van der Waals surface area contributed by atoms with Gasteiger partial charge in [-0.15, -0.1) is 12.6 Å². The van der Waals surface area contributed by atoms with Crippen LogP contribution in [0.1, 0.15) is 11.1 Å². The number of rotatable bonds is 0. The summed E-state index contributed by atoms with van der Waals surface area (Å²) in [7, 11) is 2.16. The van der Waals surface area contributed by atoms with E-state index in [-0.39, 0.29) is 0 Å². The maximum atomic E-state index is 4.33. The third-order valence-corrected chi connectivity index (χ3v) is 2.67. The number of thiol groups is 1. The molecule has 0 aromatic heterocycles. The van der Waals surface area contributed by atoms with Gasteiger partial charge in [-0.05, 0) is 36.7 Å². The Balaban J connectivity index is 2.37. The van der Waals surface area contributed by atoms with Gasteiger partial charge in [0.1, 0.15) is 0 Å². The molecule has 1 heterocycles. The molecule has 1 nitrogen and oxygen atoms in total. The number of likely N-dealkylation sites (N-methyl/N-ethyl adjacent to an activating group) is 1. The van der Waals surface area contributed by atoms with Gasteiger partial charge in [-0.25, -0.2) is 0 Å². The molecule has 0 unspecified atom stereocenters. The van der Waals surface area contributed by atoms with Gasteiger partial charge in [0.05, 0.1) is 0 Å². The minimum Gasteiger partial charge on any atom is -0.302 e. The SMILES string of the molecule is CN1CCc2ccc(S)cc2C1. The number of fused-ring (bicyclic) bond motifs is 1. The molecule has 1 aromatic carbocycles. The highest BCUT2D eigenvalue weighted by Crippen LogP contribution is 2.20. The van der Waals surface area contributed by atoms with E-state index in [2.05, 4.69) is 42.8 Å². The van der Waals surface area contributed by atoms with E-state index in [9.17, 15) is 0 Å². The molecule has 0 spiro atoms. The first-order valence-electron chi connectivity index (χ1n) is 4.25. The summed E-state index contributed by atoms with van der Waals surface area (Å²) in [5.41, 5.74) is 2.93. The van der Waals surface area contributed by atoms with Crippen molar-refractivity contribution in [2.45, 2.75) is 17.9 Å². The van der Waals surface area contributed by atoms with E-state index in [4.69, 9.17) is 0 Å². The molecule has 0 atom stereocenters. The number of hydrogen-bond donors (Lipinski definition) is 1. The summed E-state index contributed by atoms with van der Waals surface area (Å²) in [5, 5.41) is 0. The summed E-state index contributed by atoms with van der Waals surface area (Å²) in [6.45, 7) is 2.25. The summed E-state index contributed by atoms with van der Waals surface area (Å²) in [6.07, 6.45) is 1.18. The van der Waals surface area contributed by atoms with Crippen LogP contribution in [-0.2, 0) is 13.0 Å². The number of benzene rings is 1. The first kappa shape index (κ1) is 8.14. The van der Waals surface area contributed by atoms with Crippen LogP contribution < -0.4 is 0 Å². The first-order valence-corrected chi connectivity index (χ1v) is 4.70. The predicted molar refractivity (Wildman–Crippen MR) is 53.7 cm³/mol. The summed E-state index contributed by atoms with van der Waals surface area (Å²) in [4.78, 5) is 3.42. The zero-order valence-corrected chi connectivity index (χ0v) is 8.14. The minimum absolute atomic E-state index is 1.07. The Bertz CT molecular complexity index is 296. The molecule has 0 amide bonds. The van der Waals surface area contributed by atoms with Crippen LogP contribution in [0.5, 0.6) is 0 Å². The fraction of sp³-hybridized carbons (Fsp3) is 0.400. The van der Waals surface area contributed by atoms with E-state index in [1.807, 2.05) is 0 Å². The number of nitrogens with zero attached hydrogens (tertiary/aromatic N) is 1. The maximum Gasteiger partial charge on any atom is 0.0233 e. The summed E-state index contributed by atoms with van der Waals surface area (Å²) in [5.74, 6) is 0. The Morgan fingerprint density at radius 3 is 3.00 bits per heavy atom. The second-order valence-corrected chi connectivity index (χ2v) is 3.96. The molecule has 12 heavy (non-hydrogen) atoms. The molecule has 0 N–H and O–H groups in total. The monoisotopic (exact) mass is 179 g/mol. The van der Waals surface area contributed by atoms with Crippen molar-refractivity contribution in [1.82, 2.24) is 4.90 Å². The topological polar surface area (TPSA) is 3.24 Å². The fourth-order valence-electron chi connectivity index (χ4n) is 1.68. The third-order valence-electron chi connectivity index (χ3n) is 2.39. The van der Waals surface area contributed by atoms with Crippen molar-refractivity contribution in [1.29, 1.82) is 0 Å². The molecule has 0 radical (unpaired) electrons. The normalized spacial score (nSPS) is 17.5. The summed E-state index contributed by atoms with van der Waals surface area (Å²) < 4.78 is 0. The van der Waals surface area contributed by atoms with Crippen LogP contribution in [0.15, 0.2) is 23.1 Å². The van der Waals surface area contributed by atoms with Crippen LogP contribution in [0.4, 0.5) is 0 Å². The van der Waals surface area contributed by atoms with Gasteiger partial charge in [0.2, 0.25) is 0 Å². The van der Waals surface area contributed by atoms with E-state index in [1.165, 1.54) is 24.1 Å². The summed E-state index contributed by atoms with van der Waals surface area (Å²) >= 11 is 4.33. The van der Waals surface area contributed by atoms with Crippen LogP contribution in [0, 0.1) is 0 Å². The van der Waals surface area contributed by atoms with Crippen molar-refractivity contribution < 1.29 is 0 Å². The van der Waals surface area contributed by atoms with Crippen LogP contribution >= 0.6 is 12.6 Å². The van der Waals surface area contributed by atoms with Crippen molar-refractivity contribution in [3.05, 3.63) is 29.3 Å². The van der Waals surface area contributed by atoms with Crippen LogP contribution in [-0.4, -0.2) is 18.5 Å². The van der Waals surface area contributed by atoms with Crippen molar-refractivity contribution in [3.63, 3.8) is 0 Å². The molecule has 1 aromatic rings. The predicted octanol–water partition coefficient (Wildman–Crippen LogP) is 1.96. The maximum absolute atomic E-state index is 4.33.